The summed E-state index contributed by atoms with van der Waals surface area (Å²) in [6, 6.07) is 14.2. The molecule has 0 spiro atoms. The Kier molecular flexibility index (Phi) is 8.07. The molecule has 28 heavy (non-hydrogen) atoms. The molecule has 0 saturated heterocycles. The summed E-state index contributed by atoms with van der Waals surface area (Å²) in [5.41, 5.74) is 2.05. The van der Waals surface area contributed by atoms with Crippen molar-refractivity contribution in [2.75, 3.05) is 25.2 Å². The lowest BCUT2D eigenvalue weighted by Crippen LogP contribution is -2.30. The molecule has 0 atom stereocenters. The van der Waals surface area contributed by atoms with Crippen LogP contribution in [0, 0.1) is 6.92 Å². The highest BCUT2D eigenvalue weighted by molar-refractivity contribution is 7.99. The summed E-state index contributed by atoms with van der Waals surface area (Å²) in [5, 5.41) is 2.70. The lowest BCUT2D eigenvalue weighted by molar-refractivity contribution is -0.124. The standard InChI is InChI=1S/C20H23NO5S2/c1-15-3-9-18(10-4-15)27-12-11-21-19(22)13-26-20(23)17-7-5-16(6-8-17)14-28(2,24)25/h3-10H,11-14H2,1-2H3,(H,21,22). The van der Waals surface area contributed by atoms with Crippen molar-refractivity contribution in [2.24, 2.45) is 0 Å². The lowest BCUT2D eigenvalue weighted by Gasteiger charge is -2.07. The van der Waals surface area contributed by atoms with Crippen LogP contribution in [0.4, 0.5) is 0 Å². The Hall–Kier alpha value is -2.32. The van der Waals surface area contributed by atoms with Crippen LogP contribution in [-0.2, 0) is 25.1 Å². The molecule has 1 amide bonds. The van der Waals surface area contributed by atoms with Crippen molar-refractivity contribution in [1.29, 1.82) is 0 Å². The van der Waals surface area contributed by atoms with Crippen LogP contribution >= 0.6 is 11.8 Å². The van der Waals surface area contributed by atoms with Gasteiger partial charge in [0.1, 0.15) is 0 Å². The van der Waals surface area contributed by atoms with Crippen LogP contribution in [0.15, 0.2) is 53.4 Å². The molecule has 2 aromatic carbocycles. The first-order valence-corrected chi connectivity index (χ1v) is 11.7. The third kappa shape index (κ3) is 8.14. The van der Waals surface area contributed by atoms with E-state index in [9.17, 15) is 18.0 Å². The van der Waals surface area contributed by atoms with Crippen LogP contribution < -0.4 is 5.32 Å². The number of hydrogen-bond donors (Lipinski definition) is 1. The lowest BCUT2D eigenvalue weighted by atomic mass is 10.1. The van der Waals surface area contributed by atoms with Crippen molar-refractivity contribution < 1.29 is 22.7 Å². The molecule has 0 radical (unpaired) electrons. The molecule has 0 aromatic heterocycles. The van der Waals surface area contributed by atoms with Gasteiger partial charge >= 0.3 is 5.97 Å². The van der Waals surface area contributed by atoms with E-state index in [4.69, 9.17) is 4.74 Å². The first kappa shape index (κ1) is 22.0. The highest BCUT2D eigenvalue weighted by Gasteiger charge is 2.11. The maximum atomic E-state index is 12.0. The van der Waals surface area contributed by atoms with Crippen molar-refractivity contribution in [3.63, 3.8) is 0 Å². The Morgan fingerprint density at radius 3 is 2.29 bits per heavy atom. The van der Waals surface area contributed by atoms with Gasteiger partial charge in [-0.1, -0.05) is 29.8 Å². The zero-order chi connectivity index (χ0) is 20.6. The van der Waals surface area contributed by atoms with Gasteiger partial charge in [-0.15, -0.1) is 11.8 Å². The van der Waals surface area contributed by atoms with Gasteiger partial charge in [-0.25, -0.2) is 13.2 Å². The number of aryl methyl sites for hydroxylation is 1. The number of sulfone groups is 1. The molecule has 0 bridgehead atoms. The largest absolute Gasteiger partial charge is 0.452 e. The monoisotopic (exact) mass is 421 g/mol. The maximum Gasteiger partial charge on any atom is 0.338 e. The summed E-state index contributed by atoms with van der Waals surface area (Å²) >= 11 is 1.63. The van der Waals surface area contributed by atoms with Gasteiger partial charge in [-0.2, -0.15) is 0 Å². The van der Waals surface area contributed by atoms with Gasteiger partial charge < -0.3 is 10.1 Å². The summed E-state index contributed by atoms with van der Waals surface area (Å²) < 4.78 is 27.5. The summed E-state index contributed by atoms with van der Waals surface area (Å²) in [5.74, 6) is -0.378. The number of esters is 1. The molecule has 0 heterocycles. The van der Waals surface area contributed by atoms with E-state index in [0.29, 0.717) is 17.9 Å². The Bertz CT molecular complexity index is 907. The highest BCUT2D eigenvalue weighted by Crippen LogP contribution is 2.17. The number of carbonyl (C=O) groups is 2. The number of nitrogens with one attached hydrogen (secondary N) is 1. The average molecular weight is 422 g/mol. The smallest absolute Gasteiger partial charge is 0.338 e. The van der Waals surface area contributed by atoms with Gasteiger partial charge in [-0.05, 0) is 36.8 Å². The number of thioether (sulfide) groups is 1. The second kappa shape index (κ2) is 10.3. The fraction of sp³-hybridized carbons (Fsp3) is 0.300. The van der Waals surface area contributed by atoms with Crippen LogP contribution in [0.2, 0.25) is 0 Å². The fourth-order valence-electron chi connectivity index (χ4n) is 2.30. The second-order valence-electron chi connectivity index (χ2n) is 6.35. The van der Waals surface area contributed by atoms with Crippen molar-refractivity contribution in [1.82, 2.24) is 5.32 Å². The predicted molar refractivity (Wildman–Crippen MR) is 110 cm³/mol. The first-order valence-electron chi connectivity index (χ1n) is 8.63. The van der Waals surface area contributed by atoms with Gasteiger partial charge in [0.05, 0.1) is 11.3 Å². The summed E-state index contributed by atoms with van der Waals surface area (Å²) in [7, 11) is -3.13. The van der Waals surface area contributed by atoms with Gasteiger partial charge in [0.2, 0.25) is 0 Å². The Balaban J connectivity index is 1.68. The molecular formula is C20H23NO5S2. The van der Waals surface area contributed by atoms with Crippen LogP contribution in [0.25, 0.3) is 0 Å². The number of rotatable bonds is 9. The zero-order valence-corrected chi connectivity index (χ0v) is 17.4. The molecule has 0 unspecified atom stereocenters. The third-order valence-electron chi connectivity index (χ3n) is 3.67. The third-order valence-corrected chi connectivity index (χ3v) is 5.54. The van der Waals surface area contributed by atoms with E-state index in [1.165, 1.54) is 17.7 Å². The van der Waals surface area contributed by atoms with E-state index in [2.05, 4.69) is 5.32 Å². The van der Waals surface area contributed by atoms with Crippen molar-refractivity contribution in [2.45, 2.75) is 17.6 Å². The second-order valence-corrected chi connectivity index (χ2v) is 9.66. The van der Waals surface area contributed by atoms with E-state index < -0.39 is 15.8 Å². The van der Waals surface area contributed by atoms with Crippen LogP contribution in [-0.4, -0.2) is 45.5 Å². The molecule has 8 heteroatoms. The van der Waals surface area contributed by atoms with E-state index in [1.54, 1.807) is 23.9 Å². The number of ether oxygens (including phenoxy) is 1. The normalized spacial score (nSPS) is 11.1. The fourth-order valence-corrected chi connectivity index (χ4v) is 3.87. The molecule has 1 N–H and O–H groups in total. The first-order chi connectivity index (χ1) is 13.2. The molecule has 0 aliphatic rings. The number of benzene rings is 2. The van der Waals surface area contributed by atoms with Gasteiger partial charge in [0, 0.05) is 23.4 Å². The number of amides is 1. The molecule has 0 aliphatic carbocycles. The molecular weight excluding hydrogens is 398 g/mol. The highest BCUT2D eigenvalue weighted by atomic mass is 32.2. The minimum Gasteiger partial charge on any atom is -0.452 e. The van der Waals surface area contributed by atoms with Crippen molar-refractivity contribution in [3.8, 4) is 0 Å². The Morgan fingerprint density at radius 2 is 1.68 bits per heavy atom. The molecule has 0 fully saturated rings. The summed E-state index contributed by atoms with van der Waals surface area (Å²) in [6.45, 7) is 2.13. The van der Waals surface area contributed by atoms with Crippen LogP contribution in [0.1, 0.15) is 21.5 Å². The molecule has 0 saturated carbocycles. The average Bonchev–Trinajstić information content (AvgIpc) is 2.64. The van der Waals surface area contributed by atoms with Gasteiger partial charge in [0.25, 0.3) is 5.91 Å². The minimum atomic E-state index is -3.13. The predicted octanol–water partition coefficient (Wildman–Crippen LogP) is 2.60. The quantitative estimate of drug-likeness (QED) is 0.380. The summed E-state index contributed by atoms with van der Waals surface area (Å²) in [6.07, 6.45) is 1.15. The molecule has 2 rings (SSSR count). The zero-order valence-electron chi connectivity index (χ0n) is 15.8. The molecule has 2 aromatic rings. The topological polar surface area (TPSA) is 89.5 Å². The van der Waals surface area contributed by atoms with E-state index in [1.807, 2.05) is 31.2 Å². The van der Waals surface area contributed by atoms with Gasteiger partial charge in [-0.3, -0.25) is 4.79 Å². The van der Waals surface area contributed by atoms with Crippen molar-refractivity contribution in [3.05, 3.63) is 65.2 Å². The molecule has 0 aliphatic heterocycles. The summed E-state index contributed by atoms with van der Waals surface area (Å²) in [4.78, 5) is 24.9. The number of carbonyl (C=O) groups excluding carboxylic acids is 2. The van der Waals surface area contributed by atoms with Crippen LogP contribution in [0.5, 0.6) is 0 Å². The van der Waals surface area contributed by atoms with E-state index >= 15 is 0 Å². The Labute approximate surface area is 169 Å². The van der Waals surface area contributed by atoms with Gasteiger partial charge in [0.15, 0.2) is 16.4 Å². The van der Waals surface area contributed by atoms with E-state index in [-0.39, 0.29) is 23.8 Å². The minimum absolute atomic E-state index is 0.0919. The Morgan fingerprint density at radius 1 is 1.04 bits per heavy atom. The van der Waals surface area contributed by atoms with Crippen LogP contribution in [0.3, 0.4) is 0 Å². The maximum absolute atomic E-state index is 12.0. The SMILES string of the molecule is Cc1ccc(SCCNC(=O)COC(=O)c2ccc(CS(C)(=O)=O)cc2)cc1. The molecule has 6 nitrogen and oxygen atoms in total. The van der Waals surface area contributed by atoms with E-state index in [0.717, 1.165) is 11.2 Å². The number of hydrogen-bond acceptors (Lipinski definition) is 6. The van der Waals surface area contributed by atoms with Crippen molar-refractivity contribution >= 4 is 33.5 Å². The molecule has 150 valence electrons.